The van der Waals surface area contributed by atoms with E-state index >= 15 is 0 Å². The summed E-state index contributed by atoms with van der Waals surface area (Å²) in [6.45, 7) is 2.12. The lowest BCUT2D eigenvalue weighted by molar-refractivity contribution is 0.749. The van der Waals surface area contributed by atoms with Gasteiger partial charge in [-0.05, 0) is 31.4 Å². The molecule has 1 aliphatic rings. The third-order valence-corrected chi connectivity index (χ3v) is 4.59. The number of benzene rings is 1. The van der Waals surface area contributed by atoms with Crippen LogP contribution >= 0.6 is 0 Å². The van der Waals surface area contributed by atoms with Crippen molar-refractivity contribution in [3.63, 3.8) is 0 Å². The third kappa shape index (κ3) is 2.27. The zero-order valence-electron chi connectivity index (χ0n) is 12.9. The van der Waals surface area contributed by atoms with E-state index < -0.39 is 0 Å². The van der Waals surface area contributed by atoms with Gasteiger partial charge >= 0.3 is 0 Å². The molecule has 3 aromatic rings. The van der Waals surface area contributed by atoms with Crippen molar-refractivity contribution >= 4 is 11.5 Å². The average molecular weight is 291 g/mol. The van der Waals surface area contributed by atoms with Gasteiger partial charge in [0.25, 0.3) is 0 Å². The highest BCUT2D eigenvalue weighted by atomic mass is 15.1. The predicted molar refractivity (Wildman–Crippen MR) is 91.2 cm³/mol. The molecule has 22 heavy (non-hydrogen) atoms. The summed E-state index contributed by atoms with van der Waals surface area (Å²) < 4.78 is 2.20. The van der Waals surface area contributed by atoms with E-state index in [0.29, 0.717) is 6.04 Å². The van der Waals surface area contributed by atoms with Gasteiger partial charge in [-0.2, -0.15) is 0 Å². The van der Waals surface area contributed by atoms with Crippen molar-refractivity contribution in [3.05, 3.63) is 54.2 Å². The second-order valence-corrected chi connectivity index (χ2v) is 6.19. The maximum absolute atomic E-state index is 4.92. The molecule has 0 spiro atoms. The van der Waals surface area contributed by atoms with Gasteiger partial charge in [0, 0.05) is 17.8 Å². The van der Waals surface area contributed by atoms with Crippen molar-refractivity contribution in [1.29, 1.82) is 0 Å². The summed E-state index contributed by atoms with van der Waals surface area (Å²) in [5.74, 6) is 1.14. The molecule has 2 aromatic heterocycles. The van der Waals surface area contributed by atoms with Gasteiger partial charge in [-0.3, -0.25) is 4.40 Å². The molecule has 0 amide bonds. The first kappa shape index (κ1) is 13.4. The fourth-order valence-corrected chi connectivity index (χ4v) is 3.40. The van der Waals surface area contributed by atoms with E-state index in [9.17, 15) is 0 Å². The maximum atomic E-state index is 4.92. The van der Waals surface area contributed by atoms with Crippen molar-refractivity contribution in [2.45, 2.75) is 38.6 Å². The smallest absolute Gasteiger partial charge is 0.142 e. The molecule has 0 aliphatic heterocycles. The monoisotopic (exact) mass is 291 g/mol. The Hall–Kier alpha value is -2.29. The molecule has 1 saturated carbocycles. The largest absolute Gasteiger partial charge is 0.367 e. The summed E-state index contributed by atoms with van der Waals surface area (Å²) in [6, 6.07) is 15.3. The summed E-state index contributed by atoms with van der Waals surface area (Å²) in [4.78, 5) is 4.92. The number of anilines is 1. The Morgan fingerprint density at radius 2 is 1.82 bits per heavy atom. The average Bonchev–Trinajstić information content (AvgIpc) is 3.18. The highest BCUT2D eigenvalue weighted by molar-refractivity contribution is 5.77. The molecule has 1 fully saturated rings. The number of pyridine rings is 1. The molecule has 0 atom stereocenters. The summed E-state index contributed by atoms with van der Waals surface area (Å²) in [7, 11) is 0. The van der Waals surface area contributed by atoms with Crippen LogP contribution < -0.4 is 5.32 Å². The number of fused-ring (bicyclic) bond motifs is 1. The second-order valence-electron chi connectivity index (χ2n) is 6.19. The number of nitrogens with zero attached hydrogens (tertiary/aromatic N) is 2. The molecule has 2 heterocycles. The molecule has 112 valence electrons. The van der Waals surface area contributed by atoms with Gasteiger partial charge in [0.05, 0.1) is 0 Å². The van der Waals surface area contributed by atoms with Crippen LogP contribution in [0.1, 0.15) is 31.2 Å². The van der Waals surface area contributed by atoms with E-state index in [4.69, 9.17) is 4.98 Å². The maximum Gasteiger partial charge on any atom is 0.142 e. The molecule has 0 radical (unpaired) electrons. The SMILES string of the molecule is Cc1cccn2c(NC3CCCC3)c(-c3ccccc3)nc12. The zero-order valence-corrected chi connectivity index (χ0v) is 12.9. The van der Waals surface area contributed by atoms with Gasteiger partial charge in [0.2, 0.25) is 0 Å². The standard InChI is InChI=1S/C19H21N3/c1-14-8-7-13-22-18(14)21-17(15-9-3-2-4-10-15)19(22)20-16-11-5-6-12-16/h2-4,7-10,13,16,20H,5-6,11-12H2,1H3. The number of hydrogen-bond acceptors (Lipinski definition) is 2. The molecule has 1 N–H and O–H groups in total. The quantitative estimate of drug-likeness (QED) is 0.760. The highest BCUT2D eigenvalue weighted by Gasteiger charge is 2.20. The molecular formula is C19H21N3. The molecule has 3 heteroatoms. The summed E-state index contributed by atoms with van der Waals surface area (Å²) in [5, 5.41) is 3.76. The van der Waals surface area contributed by atoms with E-state index in [1.807, 2.05) is 0 Å². The van der Waals surface area contributed by atoms with Gasteiger partial charge in [-0.25, -0.2) is 4.98 Å². The Bertz CT molecular complexity index is 783. The number of hydrogen-bond donors (Lipinski definition) is 1. The van der Waals surface area contributed by atoms with Crippen LogP contribution in [-0.4, -0.2) is 15.4 Å². The lowest BCUT2D eigenvalue weighted by Gasteiger charge is -2.15. The Morgan fingerprint density at radius 1 is 1.05 bits per heavy atom. The predicted octanol–water partition coefficient (Wildman–Crippen LogP) is 4.66. The fraction of sp³-hybridized carbons (Fsp3) is 0.316. The van der Waals surface area contributed by atoms with Gasteiger partial charge in [0.15, 0.2) is 0 Å². The van der Waals surface area contributed by atoms with Gasteiger partial charge in [-0.15, -0.1) is 0 Å². The Labute approximate surface area is 131 Å². The van der Waals surface area contributed by atoms with Crippen molar-refractivity contribution < 1.29 is 0 Å². The van der Waals surface area contributed by atoms with Crippen molar-refractivity contribution in [1.82, 2.24) is 9.38 Å². The Balaban J connectivity index is 1.88. The number of aryl methyl sites for hydroxylation is 1. The van der Waals surface area contributed by atoms with Crippen LogP contribution in [0.2, 0.25) is 0 Å². The normalized spacial score (nSPS) is 15.5. The second kappa shape index (κ2) is 5.48. The van der Waals surface area contributed by atoms with Crippen LogP contribution in [0.25, 0.3) is 16.9 Å². The van der Waals surface area contributed by atoms with E-state index in [1.54, 1.807) is 0 Å². The number of nitrogens with one attached hydrogen (secondary N) is 1. The first-order valence-corrected chi connectivity index (χ1v) is 8.12. The van der Waals surface area contributed by atoms with Crippen LogP contribution in [0.5, 0.6) is 0 Å². The molecule has 1 aliphatic carbocycles. The van der Waals surface area contributed by atoms with Crippen molar-refractivity contribution in [2.24, 2.45) is 0 Å². The minimum absolute atomic E-state index is 0.572. The van der Waals surface area contributed by atoms with Crippen LogP contribution in [0.4, 0.5) is 5.82 Å². The van der Waals surface area contributed by atoms with Crippen molar-refractivity contribution in [2.75, 3.05) is 5.32 Å². The number of aromatic nitrogens is 2. The lowest BCUT2D eigenvalue weighted by atomic mass is 10.1. The molecule has 0 saturated heterocycles. The number of rotatable bonds is 3. The van der Waals surface area contributed by atoms with Crippen LogP contribution in [-0.2, 0) is 0 Å². The molecule has 1 aromatic carbocycles. The molecule has 0 unspecified atom stereocenters. The summed E-state index contributed by atoms with van der Waals surface area (Å²) in [5.41, 5.74) is 4.48. The molecule has 3 nitrogen and oxygen atoms in total. The highest BCUT2D eigenvalue weighted by Crippen LogP contribution is 2.32. The fourth-order valence-electron chi connectivity index (χ4n) is 3.40. The van der Waals surface area contributed by atoms with E-state index in [-0.39, 0.29) is 0 Å². The molecule has 4 rings (SSSR count). The Kier molecular flexibility index (Phi) is 3.34. The van der Waals surface area contributed by atoms with E-state index in [0.717, 1.165) is 17.2 Å². The summed E-state index contributed by atoms with van der Waals surface area (Å²) in [6.07, 6.45) is 7.28. The van der Waals surface area contributed by atoms with Gasteiger partial charge in [-0.1, -0.05) is 49.2 Å². The minimum Gasteiger partial charge on any atom is -0.367 e. The first-order chi connectivity index (χ1) is 10.8. The lowest BCUT2D eigenvalue weighted by Crippen LogP contribution is -2.16. The summed E-state index contributed by atoms with van der Waals surface area (Å²) >= 11 is 0. The third-order valence-electron chi connectivity index (χ3n) is 4.59. The molecular weight excluding hydrogens is 270 g/mol. The topological polar surface area (TPSA) is 29.3 Å². The number of imidazole rings is 1. The zero-order chi connectivity index (χ0) is 14.9. The van der Waals surface area contributed by atoms with Crippen molar-refractivity contribution in [3.8, 4) is 11.3 Å². The van der Waals surface area contributed by atoms with Crippen LogP contribution in [0.3, 0.4) is 0 Å². The van der Waals surface area contributed by atoms with Crippen LogP contribution in [0.15, 0.2) is 48.7 Å². The van der Waals surface area contributed by atoms with Gasteiger partial charge < -0.3 is 5.32 Å². The Morgan fingerprint density at radius 3 is 2.59 bits per heavy atom. The van der Waals surface area contributed by atoms with E-state index in [2.05, 4.69) is 65.3 Å². The van der Waals surface area contributed by atoms with E-state index in [1.165, 1.54) is 36.8 Å². The molecule has 0 bridgehead atoms. The van der Waals surface area contributed by atoms with Crippen LogP contribution in [0, 0.1) is 6.92 Å². The van der Waals surface area contributed by atoms with Gasteiger partial charge in [0.1, 0.15) is 17.2 Å². The first-order valence-electron chi connectivity index (χ1n) is 8.12. The minimum atomic E-state index is 0.572.